The number of rotatable bonds is 5. The van der Waals surface area contributed by atoms with Crippen LogP contribution in [0.2, 0.25) is 0 Å². The summed E-state index contributed by atoms with van der Waals surface area (Å²) in [5.41, 5.74) is 8.06. The Hall–Kier alpha value is -3.90. The minimum absolute atomic E-state index is 0.457. The van der Waals surface area contributed by atoms with E-state index in [-0.39, 0.29) is 0 Å². The molecule has 5 nitrogen and oxygen atoms in total. The molecule has 6 rings (SSSR count). The predicted molar refractivity (Wildman–Crippen MR) is 159 cm³/mol. The molecule has 1 saturated heterocycles. The Kier molecular flexibility index (Phi) is 6.26. The standard InChI is InChI=1S/C31H29N5S/c1-21(2)26-6-4-5-7-28(26)35-16-17-37-31(35)34-33-19-23-10-14-27-24(18-23)11-15-29-30(27)32-20-36(29)25-12-8-22(3)9-13-25/h4-15,18-21H,16-17H2,1-3H3/b33-19+,34-31-. The highest BCUT2D eigenvalue weighted by atomic mass is 32.2. The van der Waals surface area contributed by atoms with Crippen molar-refractivity contribution < 1.29 is 0 Å². The summed E-state index contributed by atoms with van der Waals surface area (Å²) in [5.74, 6) is 1.47. The van der Waals surface area contributed by atoms with Gasteiger partial charge in [-0.3, -0.25) is 4.57 Å². The van der Waals surface area contributed by atoms with Gasteiger partial charge in [-0.15, -0.1) is 5.10 Å². The van der Waals surface area contributed by atoms with Crippen LogP contribution in [0.1, 0.15) is 36.5 Å². The van der Waals surface area contributed by atoms with Gasteiger partial charge in [0.2, 0.25) is 0 Å². The molecule has 0 aliphatic carbocycles. The van der Waals surface area contributed by atoms with Gasteiger partial charge in [-0.05, 0) is 59.7 Å². The van der Waals surface area contributed by atoms with Crippen LogP contribution in [-0.4, -0.2) is 33.2 Å². The lowest BCUT2D eigenvalue weighted by Gasteiger charge is -2.22. The summed E-state index contributed by atoms with van der Waals surface area (Å²) in [6.07, 6.45) is 3.75. The highest BCUT2D eigenvalue weighted by molar-refractivity contribution is 8.14. The van der Waals surface area contributed by atoms with Crippen LogP contribution in [-0.2, 0) is 0 Å². The Morgan fingerprint density at radius 3 is 2.65 bits per heavy atom. The zero-order chi connectivity index (χ0) is 25.4. The molecule has 0 atom stereocenters. The van der Waals surface area contributed by atoms with E-state index in [0.717, 1.165) is 50.5 Å². The van der Waals surface area contributed by atoms with Crippen LogP contribution < -0.4 is 4.90 Å². The van der Waals surface area contributed by atoms with Gasteiger partial charge in [0.05, 0.1) is 17.2 Å². The number of imidazole rings is 1. The van der Waals surface area contributed by atoms with Gasteiger partial charge in [-0.25, -0.2) is 4.98 Å². The van der Waals surface area contributed by atoms with E-state index in [2.05, 4.69) is 119 Å². The summed E-state index contributed by atoms with van der Waals surface area (Å²) < 4.78 is 2.14. The number of hydrogen-bond acceptors (Lipinski definition) is 4. The smallest absolute Gasteiger partial charge is 0.190 e. The second-order valence-electron chi connectivity index (χ2n) is 9.70. The number of thioether (sulfide) groups is 1. The second kappa shape index (κ2) is 9.87. The van der Waals surface area contributed by atoms with Crippen molar-refractivity contribution in [3.8, 4) is 5.69 Å². The van der Waals surface area contributed by atoms with Gasteiger partial charge in [0.25, 0.3) is 0 Å². The van der Waals surface area contributed by atoms with E-state index >= 15 is 0 Å². The molecule has 5 aromatic rings. The minimum Gasteiger partial charge on any atom is -0.318 e. The monoisotopic (exact) mass is 503 g/mol. The number of anilines is 1. The summed E-state index contributed by atoms with van der Waals surface area (Å²) in [4.78, 5) is 7.04. The van der Waals surface area contributed by atoms with E-state index in [1.807, 2.05) is 12.5 Å². The molecule has 1 fully saturated rings. The maximum Gasteiger partial charge on any atom is 0.190 e. The molecular weight excluding hydrogens is 474 g/mol. The maximum atomic E-state index is 4.75. The number of nitrogens with zero attached hydrogens (tertiary/aromatic N) is 5. The van der Waals surface area contributed by atoms with Crippen LogP contribution in [0.5, 0.6) is 0 Å². The van der Waals surface area contributed by atoms with Crippen LogP contribution in [0.4, 0.5) is 5.69 Å². The van der Waals surface area contributed by atoms with Crippen molar-refractivity contribution in [1.29, 1.82) is 0 Å². The van der Waals surface area contributed by atoms with Gasteiger partial charge >= 0.3 is 0 Å². The van der Waals surface area contributed by atoms with Gasteiger partial charge in [0, 0.05) is 29.1 Å². The third-order valence-electron chi connectivity index (χ3n) is 6.84. The quantitative estimate of drug-likeness (QED) is 0.184. The molecule has 0 saturated carbocycles. The van der Waals surface area contributed by atoms with Crippen molar-refractivity contribution in [2.24, 2.45) is 10.2 Å². The maximum absolute atomic E-state index is 4.75. The van der Waals surface area contributed by atoms with Crippen LogP contribution >= 0.6 is 11.8 Å². The molecule has 0 unspecified atom stereocenters. The summed E-state index contributed by atoms with van der Waals surface area (Å²) >= 11 is 1.76. The lowest BCUT2D eigenvalue weighted by Crippen LogP contribution is -2.24. The summed E-state index contributed by atoms with van der Waals surface area (Å²) in [6.45, 7) is 7.52. The number of hydrogen-bond donors (Lipinski definition) is 0. The summed E-state index contributed by atoms with van der Waals surface area (Å²) in [7, 11) is 0. The first-order chi connectivity index (χ1) is 18.1. The molecule has 0 N–H and O–H groups in total. The van der Waals surface area contributed by atoms with Crippen LogP contribution in [0.3, 0.4) is 0 Å². The van der Waals surface area contributed by atoms with Gasteiger partial charge in [0.15, 0.2) is 5.17 Å². The van der Waals surface area contributed by atoms with Gasteiger partial charge in [-0.1, -0.05) is 79.7 Å². The lowest BCUT2D eigenvalue weighted by molar-refractivity contribution is 0.860. The van der Waals surface area contributed by atoms with Crippen molar-refractivity contribution in [3.63, 3.8) is 0 Å². The molecule has 37 heavy (non-hydrogen) atoms. The number of aromatic nitrogens is 2. The lowest BCUT2D eigenvalue weighted by atomic mass is 10.0. The number of para-hydroxylation sites is 1. The zero-order valence-corrected chi connectivity index (χ0v) is 22.1. The minimum atomic E-state index is 0.457. The van der Waals surface area contributed by atoms with Crippen molar-refractivity contribution >= 4 is 50.6 Å². The molecule has 1 aliphatic rings. The van der Waals surface area contributed by atoms with Crippen LogP contribution in [0, 0.1) is 6.92 Å². The Balaban J connectivity index is 1.27. The van der Waals surface area contributed by atoms with Crippen molar-refractivity contribution in [1.82, 2.24) is 9.55 Å². The molecule has 0 spiro atoms. The van der Waals surface area contributed by atoms with E-state index < -0.39 is 0 Å². The molecule has 184 valence electrons. The number of benzene rings is 4. The average Bonchev–Trinajstić information content (AvgIpc) is 3.56. The van der Waals surface area contributed by atoms with Crippen LogP contribution in [0.25, 0.3) is 27.5 Å². The molecule has 1 aliphatic heterocycles. The fraction of sp³-hybridized carbons (Fsp3) is 0.194. The molecule has 6 heteroatoms. The number of fused-ring (bicyclic) bond motifs is 3. The Labute approximate surface area is 221 Å². The third-order valence-corrected chi connectivity index (χ3v) is 7.79. The third kappa shape index (κ3) is 4.53. The molecule has 2 heterocycles. The topological polar surface area (TPSA) is 45.8 Å². The Morgan fingerprint density at radius 2 is 1.81 bits per heavy atom. The highest BCUT2D eigenvalue weighted by Crippen LogP contribution is 2.32. The fourth-order valence-corrected chi connectivity index (χ4v) is 5.80. The number of aryl methyl sites for hydroxylation is 1. The first-order valence-electron chi connectivity index (χ1n) is 12.7. The van der Waals surface area contributed by atoms with Gasteiger partial charge < -0.3 is 4.90 Å². The molecule has 1 aromatic heterocycles. The molecular formula is C31H29N5S. The van der Waals surface area contributed by atoms with E-state index in [9.17, 15) is 0 Å². The van der Waals surface area contributed by atoms with Gasteiger partial charge in [0.1, 0.15) is 6.33 Å². The second-order valence-corrected chi connectivity index (χ2v) is 10.8. The largest absolute Gasteiger partial charge is 0.318 e. The molecule has 0 radical (unpaired) electrons. The normalized spacial score (nSPS) is 15.2. The number of amidine groups is 1. The molecule has 0 amide bonds. The van der Waals surface area contributed by atoms with Crippen LogP contribution in [0.15, 0.2) is 95.4 Å². The zero-order valence-electron chi connectivity index (χ0n) is 21.3. The predicted octanol–water partition coefficient (Wildman–Crippen LogP) is 7.55. The highest BCUT2D eigenvalue weighted by Gasteiger charge is 2.23. The first-order valence-corrected chi connectivity index (χ1v) is 13.6. The van der Waals surface area contributed by atoms with E-state index in [1.165, 1.54) is 16.8 Å². The first kappa shape index (κ1) is 23.5. The van der Waals surface area contributed by atoms with E-state index in [4.69, 9.17) is 4.98 Å². The summed E-state index contributed by atoms with van der Waals surface area (Å²) in [6, 6.07) is 27.8. The van der Waals surface area contributed by atoms with Gasteiger partial charge in [-0.2, -0.15) is 5.10 Å². The fourth-order valence-electron chi connectivity index (χ4n) is 4.89. The van der Waals surface area contributed by atoms with Crippen molar-refractivity contribution in [3.05, 3.63) is 102 Å². The molecule has 4 aromatic carbocycles. The summed E-state index contributed by atoms with van der Waals surface area (Å²) in [5, 5.41) is 12.3. The SMILES string of the molecule is Cc1ccc(-n2cnc3c4ccc(/C=N/N=C5\SCCN5c5ccccc5C(C)C)cc4ccc32)cc1. The van der Waals surface area contributed by atoms with E-state index in [1.54, 1.807) is 11.8 Å². The van der Waals surface area contributed by atoms with Crippen molar-refractivity contribution in [2.45, 2.75) is 26.7 Å². The average molecular weight is 504 g/mol. The van der Waals surface area contributed by atoms with Crippen molar-refractivity contribution in [2.75, 3.05) is 17.2 Å². The van der Waals surface area contributed by atoms with E-state index in [0.29, 0.717) is 5.92 Å². The molecule has 0 bridgehead atoms. The Bertz CT molecular complexity index is 1650. The Morgan fingerprint density at radius 1 is 0.973 bits per heavy atom.